The molecule has 4 heterocycles. The fraction of sp³-hybridized carbons (Fsp3) is 0.429. The van der Waals surface area contributed by atoms with Gasteiger partial charge < -0.3 is 10.6 Å². The molecule has 3 atom stereocenters. The van der Waals surface area contributed by atoms with Crippen LogP contribution in [0.5, 0.6) is 0 Å². The Morgan fingerprint density at radius 3 is 3.07 bits per heavy atom. The van der Waals surface area contributed by atoms with Gasteiger partial charge in [0.25, 0.3) is 0 Å². The number of fused-ring (bicyclic) bond motifs is 4. The number of anilines is 1. The predicted molar refractivity (Wildman–Crippen MR) is 103 cm³/mol. The third kappa shape index (κ3) is 2.46. The van der Waals surface area contributed by atoms with Crippen molar-refractivity contribution in [2.45, 2.75) is 37.3 Å². The predicted octanol–water partition coefficient (Wildman–Crippen LogP) is 1.47. The Balaban J connectivity index is 1.42. The maximum atomic E-state index is 13.3. The standard InChI is InChI=1S/C21H23N5O2/c27-19(24-8-7-14-13-22-9-10-23-14)17-12-15-4-3-11-26(15)21(17)16-5-1-2-6-18(16)25-20(21)28/h1-2,5-6,9-10,13,15,17H,3-4,7-8,11-12H2,(H,24,27)(H,25,28)/t15-,17+,21+/m1/s1. The quantitative estimate of drug-likeness (QED) is 0.843. The molecule has 2 N–H and O–H groups in total. The van der Waals surface area contributed by atoms with E-state index in [-0.39, 0.29) is 23.8 Å². The lowest BCUT2D eigenvalue weighted by Crippen LogP contribution is -2.54. The van der Waals surface area contributed by atoms with Crippen LogP contribution in [0.3, 0.4) is 0 Å². The molecule has 3 aliphatic rings. The molecule has 0 radical (unpaired) electrons. The monoisotopic (exact) mass is 377 g/mol. The largest absolute Gasteiger partial charge is 0.355 e. The Hall–Kier alpha value is -2.80. The highest BCUT2D eigenvalue weighted by Gasteiger charge is 2.65. The second-order valence-electron chi connectivity index (χ2n) is 7.78. The summed E-state index contributed by atoms with van der Waals surface area (Å²) in [5.41, 5.74) is 1.73. The van der Waals surface area contributed by atoms with Gasteiger partial charge in [-0.1, -0.05) is 18.2 Å². The first-order valence-corrected chi connectivity index (χ1v) is 9.91. The van der Waals surface area contributed by atoms with Gasteiger partial charge in [0.2, 0.25) is 11.8 Å². The molecular formula is C21H23N5O2. The van der Waals surface area contributed by atoms with E-state index in [9.17, 15) is 9.59 Å². The highest BCUT2D eigenvalue weighted by Crippen LogP contribution is 2.55. The third-order valence-corrected chi connectivity index (χ3v) is 6.39. The summed E-state index contributed by atoms with van der Waals surface area (Å²) in [5.74, 6) is -0.499. The Morgan fingerprint density at radius 1 is 1.32 bits per heavy atom. The number of rotatable bonds is 4. The molecule has 0 aliphatic carbocycles. The Bertz CT molecular complexity index is 918. The van der Waals surface area contributed by atoms with Gasteiger partial charge in [-0.3, -0.25) is 24.5 Å². The molecule has 1 aromatic carbocycles. The summed E-state index contributed by atoms with van der Waals surface area (Å²) < 4.78 is 0. The van der Waals surface area contributed by atoms with Crippen LogP contribution in [-0.2, 0) is 21.5 Å². The highest BCUT2D eigenvalue weighted by atomic mass is 16.2. The van der Waals surface area contributed by atoms with Crippen LogP contribution in [-0.4, -0.2) is 45.8 Å². The molecular weight excluding hydrogens is 354 g/mol. The number of carbonyl (C=O) groups excluding carboxylic acids is 2. The fourth-order valence-electron chi connectivity index (χ4n) is 5.28. The minimum Gasteiger partial charge on any atom is -0.355 e. The van der Waals surface area contributed by atoms with Crippen LogP contribution in [0.1, 0.15) is 30.5 Å². The van der Waals surface area contributed by atoms with Crippen molar-refractivity contribution in [3.63, 3.8) is 0 Å². The zero-order chi connectivity index (χ0) is 19.1. The molecule has 3 aliphatic heterocycles. The average Bonchev–Trinajstić information content (AvgIpc) is 3.37. The molecule has 1 aromatic heterocycles. The number of hydrogen-bond acceptors (Lipinski definition) is 5. The SMILES string of the molecule is O=C(NCCc1cnccn1)[C@@H]1C[C@H]2CCCN2[C@]12C(=O)Nc1ccccc12. The summed E-state index contributed by atoms with van der Waals surface area (Å²) in [5, 5.41) is 6.08. The minimum atomic E-state index is -0.881. The summed E-state index contributed by atoms with van der Waals surface area (Å²) in [6.45, 7) is 1.34. The van der Waals surface area contributed by atoms with Crippen LogP contribution in [0.25, 0.3) is 0 Å². The fourth-order valence-corrected chi connectivity index (χ4v) is 5.28. The topological polar surface area (TPSA) is 87.2 Å². The number of aromatic nitrogens is 2. The van der Waals surface area contributed by atoms with Gasteiger partial charge in [-0.15, -0.1) is 0 Å². The van der Waals surface area contributed by atoms with Gasteiger partial charge in [0.1, 0.15) is 5.54 Å². The van der Waals surface area contributed by atoms with E-state index in [4.69, 9.17) is 0 Å². The van der Waals surface area contributed by atoms with E-state index < -0.39 is 5.54 Å². The lowest BCUT2D eigenvalue weighted by atomic mass is 9.78. The third-order valence-electron chi connectivity index (χ3n) is 6.39. The maximum Gasteiger partial charge on any atom is 0.250 e. The van der Waals surface area contributed by atoms with E-state index in [0.717, 1.165) is 42.8 Å². The summed E-state index contributed by atoms with van der Waals surface area (Å²) in [6.07, 6.45) is 8.45. The summed E-state index contributed by atoms with van der Waals surface area (Å²) in [4.78, 5) is 37.1. The van der Waals surface area contributed by atoms with Crippen LogP contribution >= 0.6 is 0 Å². The number of para-hydroxylation sites is 1. The van der Waals surface area contributed by atoms with E-state index in [1.165, 1.54) is 0 Å². The number of benzene rings is 1. The maximum absolute atomic E-state index is 13.3. The smallest absolute Gasteiger partial charge is 0.250 e. The Kier molecular flexibility index (Phi) is 4.12. The molecule has 2 fully saturated rings. The van der Waals surface area contributed by atoms with Crippen LogP contribution in [0, 0.1) is 5.92 Å². The van der Waals surface area contributed by atoms with E-state index in [0.29, 0.717) is 13.0 Å². The molecule has 5 rings (SSSR count). The zero-order valence-electron chi connectivity index (χ0n) is 15.6. The van der Waals surface area contributed by atoms with Gasteiger partial charge in [0.05, 0.1) is 11.6 Å². The molecule has 2 amide bonds. The molecule has 1 spiro atoms. The number of amides is 2. The lowest BCUT2D eigenvalue weighted by Gasteiger charge is -2.36. The minimum absolute atomic E-state index is 0.0508. The van der Waals surface area contributed by atoms with Crippen molar-refractivity contribution in [1.29, 1.82) is 0 Å². The van der Waals surface area contributed by atoms with Gasteiger partial charge in [0.15, 0.2) is 0 Å². The molecule has 0 unspecified atom stereocenters. The van der Waals surface area contributed by atoms with Crippen molar-refractivity contribution < 1.29 is 9.59 Å². The van der Waals surface area contributed by atoms with E-state index >= 15 is 0 Å². The molecule has 144 valence electrons. The summed E-state index contributed by atoms with van der Waals surface area (Å²) >= 11 is 0. The van der Waals surface area contributed by atoms with Gasteiger partial charge in [-0.05, 0) is 31.9 Å². The Morgan fingerprint density at radius 2 is 2.21 bits per heavy atom. The molecule has 28 heavy (non-hydrogen) atoms. The van der Waals surface area contributed by atoms with Gasteiger partial charge >= 0.3 is 0 Å². The average molecular weight is 377 g/mol. The number of carbonyl (C=O) groups is 2. The summed E-state index contributed by atoms with van der Waals surface area (Å²) in [6, 6.07) is 8.08. The normalized spacial score (nSPS) is 28.2. The van der Waals surface area contributed by atoms with Crippen molar-refractivity contribution in [2.24, 2.45) is 5.92 Å². The lowest BCUT2D eigenvalue weighted by molar-refractivity contribution is -0.137. The molecule has 0 bridgehead atoms. The second-order valence-corrected chi connectivity index (χ2v) is 7.78. The Labute approximate surface area is 163 Å². The van der Waals surface area contributed by atoms with E-state index in [1.807, 2.05) is 24.3 Å². The number of hydrogen-bond donors (Lipinski definition) is 2. The van der Waals surface area contributed by atoms with Crippen LogP contribution in [0.4, 0.5) is 5.69 Å². The summed E-state index contributed by atoms with van der Waals surface area (Å²) in [7, 11) is 0. The first-order valence-electron chi connectivity index (χ1n) is 9.91. The number of nitrogens with zero attached hydrogens (tertiary/aromatic N) is 3. The van der Waals surface area contributed by atoms with Crippen molar-refractivity contribution >= 4 is 17.5 Å². The van der Waals surface area contributed by atoms with Gasteiger partial charge in [-0.2, -0.15) is 0 Å². The number of nitrogens with one attached hydrogen (secondary N) is 2. The molecule has 7 heteroatoms. The van der Waals surface area contributed by atoms with Crippen molar-refractivity contribution in [3.05, 3.63) is 54.1 Å². The highest BCUT2D eigenvalue weighted by molar-refractivity contribution is 6.09. The van der Waals surface area contributed by atoms with Crippen LogP contribution < -0.4 is 10.6 Å². The molecule has 2 saturated heterocycles. The molecule has 7 nitrogen and oxygen atoms in total. The first kappa shape index (κ1) is 17.3. The molecule has 2 aromatic rings. The van der Waals surface area contributed by atoms with Crippen molar-refractivity contribution in [2.75, 3.05) is 18.4 Å². The second kappa shape index (κ2) is 6.67. The van der Waals surface area contributed by atoms with Crippen molar-refractivity contribution in [3.8, 4) is 0 Å². The zero-order valence-corrected chi connectivity index (χ0v) is 15.6. The van der Waals surface area contributed by atoms with Crippen LogP contribution in [0.2, 0.25) is 0 Å². The van der Waals surface area contributed by atoms with Crippen molar-refractivity contribution in [1.82, 2.24) is 20.2 Å². The van der Waals surface area contributed by atoms with Crippen LogP contribution in [0.15, 0.2) is 42.9 Å². The molecule has 0 saturated carbocycles. The van der Waals surface area contributed by atoms with E-state index in [1.54, 1.807) is 18.6 Å². The van der Waals surface area contributed by atoms with Gasteiger partial charge in [0, 0.05) is 48.8 Å². The first-order chi connectivity index (χ1) is 13.7. The van der Waals surface area contributed by atoms with Gasteiger partial charge in [-0.25, -0.2) is 0 Å². The van der Waals surface area contributed by atoms with E-state index in [2.05, 4.69) is 25.5 Å².